The smallest absolute Gasteiger partial charge is 0.126 e. The lowest BCUT2D eigenvalue weighted by atomic mass is 10.1. The van der Waals surface area contributed by atoms with Gasteiger partial charge in [0.05, 0.1) is 0 Å². The normalized spacial score (nSPS) is 14.5. The Morgan fingerprint density at radius 2 is 1.86 bits per heavy atom. The van der Waals surface area contributed by atoms with E-state index in [1.807, 2.05) is 6.07 Å². The Morgan fingerprint density at radius 1 is 1.10 bits per heavy atom. The van der Waals surface area contributed by atoms with Gasteiger partial charge in [-0.25, -0.2) is 4.39 Å². The Balaban J connectivity index is 1.74. The topological polar surface area (TPSA) is 15.3 Å². The summed E-state index contributed by atoms with van der Waals surface area (Å²) in [7, 11) is 0. The summed E-state index contributed by atoms with van der Waals surface area (Å²) in [5.41, 5.74) is 4.25. The van der Waals surface area contributed by atoms with Crippen molar-refractivity contribution in [2.24, 2.45) is 0 Å². The first-order chi connectivity index (χ1) is 10.2. The van der Waals surface area contributed by atoms with Gasteiger partial charge in [0, 0.05) is 31.0 Å². The molecule has 1 heterocycles. The Morgan fingerprint density at radius 3 is 2.62 bits per heavy atom. The molecule has 0 radical (unpaired) electrons. The highest BCUT2D eigenvalue weighted by atomic mass is 19.1. The second kappa shape index (κ2) is 6.17. The lowest BCUT2D eigenvalue weighted by molar-refractivity contribution is 0.618. The van der Waals surface area contributed by atoms with Crippen molar-refractivity contribution in [2.75, 3.05) is 23.3 Å². The van der Waals surface area contributed by atoms with E-state index in [0.29, 0.717) is 5.56 Å². The van der Waals surface area contributed by atoms with E-state index in [1.165, 1.54) is 30.2 Å². The molecule has 0 aromatic heterocycles. The maximum Gasteiger partial charge on any atom is 0.126 e. The molecule has 2 nitrogen and oxygen atoms in total. The number of nitrogens with zero attached hydrogens (tertiary/aromatic N) is 1. The monoisotopic (exact) mass is 284 g/mol. The van der Waals surface area contributed by atoms with Gasteiger partial charge in [-0.15, -0.1) is 0 Å². The van der Waals surface area contributed by atoms with Crippen molar-refractivity contribution in [3.05, 3.63) is 59.4 Å². The molecule has 110 valence electrons. The zero-order valence-electron chi connectivity index (χ0n) is 12.4. The van der Waals surface area contributed by atoms with Crippen LogP contribution in [0.4, 0.5) is 15.8 Å². The fraction of sp³-hybridized carbons (Fsp3) is 0.333. The van der Waals surface area contributed by atoms with E-state index in [-0.39, 0.29) is 5.82 Å². The van der Waals surface area contributed by atoms with Crippen molar-refractivity contribution < 1.29 is 4.39 Å². The van der Waals surface area contributed by atoms with E-state index >= 15 is 0 Å². The van der Waals surface area contributed by atoms with Crippen LogP contribution in [0.3, 0.4) is 0 Å². The molecule has 0 unspecified atom stereocenters. The van der Waals surface area contributed by atoms with Crippen LogP contribution >= 0.6 is 0 Å². The summed E-state index contributed by atoms with van der Waals surface area (Å²) in [6.45, 7) is 4.84. The Kier molecular flexibility index (Phi) is 4.09. The zero-order chi connectivity index (χ0) is 14.7. The third kappa shape index (κ3) is 3.18. The number of benzene rings is 2. The highest BCUT2D eigenvalue weighted by Crippen LogP contribution is 2.25. The molecule has 0 aliphatic carbocycles. The van der Waals surface area contributed by atoms with Gasteiger partial charge in [-0.2, -0.15) is 0 Å². The first kappa shape index (κ1) is 13.9. The van der Waals surface area contributed by atoms with Crippen LogP contribution < -0.4 is 10.2 Å². The minimum Gasteiger partial charge on any atom is -0.381 e. The van der Waals surface area contributed by atoms with Crippen molar-refractivity contribution in [2.45, 2.75) is 26.3 Å². The van der Waals surface area contributed by atoms with Gasteiger partial charge in [-0.3, -0.25) is 0 Å². The number of para-hydroxylation sites is 1. The average Bonchev–Trinajstić information content (AvgIpc) is 3.03. The fourth-order valence-corrected chi connectivity index (χ4v) is 2.88. The lowest BCUT2D eigenvalue weighted by Gasteiger charge is -2.21. The maximum atomic E-state index is 13.3. The van der Waals surface area contributed by atoms with Gasteiger partial charge in [-0.1, -0.05) is 18.2 Å². The summed E-state index contributed by atoms with van der Waals surface area (Å²) >= 11 is 0. The third-order valence-corrected chi connectivity index (χ3v) is 4.08. The number of aryl methyl sites for hydroxylation is 1. The van der Waals surface area contributed by atoms with E-state index in [4.69, 9.17) is 0 Å². The molecule has 2 aromatic carbocycles. The third-order valence-electron chi connectivity index (χ3n) is 4.08. The van der Waals surface area contributed by atoms with Crippen LogP contribution in [0.25, 0.3) is 0 Å². The molecule has 21 heavy (non-hydrogen) atoms. The molecule has 0 amide bonds. The van der Waals surface area contributed by atoms with Crippen LogP contribution in [0.2, 0.25) is 0 Å². The van der Waals surface area contributed by atoms with Gasteiger partial charge in [0.2, 0.25) is 0 Å². The highest BCUT2D eigenvalue weighted by molar-refractivity contribution is 5.56. The van der Waals surface area contributed by atoms with Gasteiger partial charge in [-0.05, 0) is 55.2 Å². The summed E-state index contributed by atoms with van der Waals surface area (Å²) in [6.07, 6.45) is 2.55. The molecule has 0 bridgehead atoms. The summed E-state index contributed by atoms with van der Waals surface area (Å²) in [5.74, 6) is -0.155. The number of hydrogen-bond acceptors (Lipinski definition) is 2. The van der Waals surface area contributed by atoms with Crippen LogP contribution in [0.15, 0.2) is 42.5 Å². The Hall–Kier alpha value is -2.03. The second-order valence-corrected chi connectivity index (χ2v) is 5.64. The van der Waals surface area contributed by atoms with Crippen LogP contribution in [-0.2, 0) is 6.54 Å². The van der Waals surface area contributed by atoms with Crippen LogP contribution in [0.1, 0.15) is 24.0 Å². The minimum atomic E-state index is -0.155. The molecule has 1 saturated heterocycles. The highest BCUT2D eigenvalue weighted by Gasteiger charge is 2.15. The standard InChI is InChI=1S/C18H21FN2/c1-14-12-16(8-9-17(14)19)20-13-15-6-2-3-7-18(15)21-10-4-5-11-21/h2-3,6-9,12,20H,4-5,10-11,13H2,1H3. The maximum absolute atomic E-state index is 13.3. The quantitative estimate of drug-likeness (QED) is 0.898. The molecule has 0 saturated carbocycles. The number of rotatable bonds is 4. The molecule has 0 atom stereocenters. The summed E-state index contributed by atoms with van der Waals surface area (Å²) in [6, 6.07) is 13.7. The fourth-order valence-electron chi connectivity index (χ4n) is 2.88. The molecule has 1 aliphatic rings. The number of hydrogen-bond donors (Lipinski definition) is 1. The van der Waals surface area contributed by atoms with Crippen molar-refractivity contribution >= 4 is 11.4 Å². The average molecular weight is 284 g/mol. The van der Waals surface area contributed by atoms with Crippen molar-refractivity contribution in [1.82, 2.24) is 0 Å². The van der Waals surface area contributed by atoms with Gasteiger partial charge >= 0.3 is 0 Å². The first-order valence-electron chi connectivity index (χ1n) is 7.57. The number of nitrogens with one attached hydrogen (secondary N) is 1. The molecule has 0 spiro atoms. The van der Waals surface area contributed by atoms with Crippen LogP contribution in [0, 0.1) is 12.7 Å². The molecule has 1 fully saturated rings. The van der Waals surface area contributed by atoms with Gasteiger partial charge in [0.15, 0.2) is 0 Å². The first-order valence-corrected chi connectivity index (χ1v) is 7.57. The zero-order valence-corrected chi connectivity index (χ0v) is 12.4. The predicted octanol–water partition coefficient (Wildman–Crippen LogP) is 4.35. The SMILES string of the molecule is Cc1cc(NCc2ccccc2N2CCCC2)ccc1F. The number of halogens is 1. The Labute approximate surface area is 125 Å². The molecule has 1 aliphatic heterocycles. The second-order valence-electron chi connectivity index (χ2n) is 5.64. The van der Waals surface area contributed by atoms with E-state index in [1.54, 1.807) is 13.0 Å². The van der Waals surface area contributed by atoms with Crippen molar-refractivity contribution in [3.8, 4) is 0 Å². The van der Waals surface area contributed by atoms with Crippen molar-refractivity contribution in [3.63, 3.8) is 0 Å². The van der Waals surface area contributed by atoms with Gasteiger partial charge in [0.25, 0.3) is 0 Å². The minimum absolute atomic E-state index is 0.155. The molecule has 3 heteroatoms. The van der Waals surface area contributed by atoms with E-state index in [2.05, 4.69) is 34.5 Å². The summed E-state index contributed by atoms with van der Waals surface area (Å²) in [5, 5.41) is 3.40. The number of anilines is 2. The van der Waals surface area contributed by atoms with Gasteiger partial charge < -0.3 is 10.2 Å². The predicted molar refractivity (Wildman–Crippen MR) is 86.4 cm³/mol. The van der Waals surface area contributed by atoms with Crippen LogP contribution in [-0.4, -0.2) is 13.1 Å². The molecule has 2 aromatic rings. The van der Waals surface area contributed by atoms with Crippen molar-refractivity contribution in [1.29, 1.82) is 0 Å². The summed E-state index contributed by atoms with van der Waals surface area (Å²) < 4.78 is 13.3. The summed E-state index contributed by atoms with van der Waals surface area (Å²) in [4.78, 5) is 2.45. The van der Waals surface area contributed by atoms with Gasteiger partial charge in [0.1, 0.15) is 5.82 Å². The van der Waals surface area contributed by atoms with Crippen LogP contribution in [0.5, 0.6) is 0 Å². The van der Waals surface area contributed by atoms with E-state index < -0.39 is 0 Å². The van der Waals surface area contributed by atoms with E-state index in [0.717, 1.165) is 25.3 Å². The lowest BCUT2D eigenvalue weighted by Crippen LogP contribution is -2.19. The molecule has 1 N–H and O–H groups in total. The van der Waals surface area contributed by atoms with E-state index in [9.17, 15) is 4.39 Å². The Bertz CT molecular complexity index is 618. The molecular formula is C18H21FN2. The molecule has 3 rings (SSSR count). The molecular weight excluding hydrogens is 263 g/mol. The largest absolute Gasteiger partial charge is 0.381 e.